The van der Waals surface area contributed by atoms with Crippen molar-refractivity contribution < 1.29 is 19.1 Å². The third-order valence-corrected chi connectivity index (χ3v) is 6.77. The number of halogens is 1. The summed E-state index contributed by atoms with van der Waals surface area (Å²) < 4.78 is 10.9. The lowest BCUT2D eigenvalue weighted by Gasteiger charge is -2.24. The second-order valence-corrected chi connectivity index (χ2v) is 8.63. The fraction of sp³-hybridized carbons (Fsp3) is 0.182. The van der Waals surface area contributed by atoms with Crippen LogP contribution in [-0.2, 0) is 4.79 Å². The highest BCUT2D eigenvalue weighted by molar-refractivity contribution is 7.18. The first kappa shape index (κ1) is 19.0. The molecule has 0 saturated carbocycles. The van der Waals surface area contributed by atoms with Gasteiger partial charge in [0.1, 0.15) is 0 Å². The van der Waals surface area contributed by atoms with Crippen molar-refractivity contribution in [1.29, 1.82) is 0 Å². The molecular weight excluding hydrogens is 424 g/mol. The van der Waals surface area contributed by atoms with Gasteiger partial charge in [-0.05, 0) is 60.0 Å². The summed E-state index contributed by atoms with van der Waals surface area (Å²) in [4.78, 5) is 25.9. The smallest absolute Gasteiger partial charge is 0.266 e. The summed E-state index contributed by atoms with van der Waals surface area (Å²) in [6.45, 7) is 2.12. The van der Waals surface area contributed by atoms with Crippen molar-refractivity contribution in [2.45, 2.75) is 19.3 Å². The zero-order chi connectivity index (χ0) is 20.8. The maximum atomic E-state index is 12.9. The molecule has 1 aromatic heterocycles. The first-order chi connectivity index (χ1) is 14.5. The lowest BCUT2D eigenvalue weighted by Crippen LogP contribution is -2.22. The number of carbonyl (C=O) groups is 2. The molecule has 2 aromatic carbocycles. The van der Waals surface area contributed by atoms with Crippen LogP contribution in [0.4, 0.5) is 10.7 Å². The van der Waals surface area contributed by atoms with Gasteiger partial charge in [-0.2, -0.15) is 0 Å². The highest BCUT2D eigenvalue weighted by atomic mass is 35.5. The lowest BCUT2D eigenvalue weighted by atomic mass is 9.84. The molecule has 0 radical (unpaired) electrons. The first-order valence-electron chi connectivity index (χ1n) is 9.39. The molecule has 2 amide bonds. The number of ether oxygens (including phenoxy) is 2. The third kappa shape index (κ3) is 3.30. The van der Waals surface area contributed by atoms with E-state index in [4.69, 9.17) is 21.1 Å². The fourth-order valence-corrected chi connectivity index (χ4v) is 5.16. The van der Waals surface area contributed by atoms with Crippen LogP contribution in [0.15, 0.2) is 42.5 Å². The molecule has 0 aliphatic carbocycles. The van der Waals surface area contributed by atoms with E-state index in [1.54, 1.807) is 24.3 Å². The average molecular weight is 441 g/mol. The Labute approximate surface area is 181 Å². The van der Waals surface area contributed by atoms with E-state index >= 15 is 0 Å². The van der Waals surface area contributed by atoms with Gasteiger partial charge in [-0.1, -0.05) is 17.7 Å². The van der Waals surface area contributed by atoms with Gasteiger partial charge in [0.15, 0.2) is 11.5 Å². The Morgan fingerprint density at radius 1 is 1.17 bits per heavy atom. The molecule has 0 saturated heterocycles. The quantitative estimate of drug-likeness (QED) is 0.589. The van der Waals surface area contributed by atoms with Gasteiger partial charge in [0.25, 0.3) is 5.91 Å². The summed E-state index contributed by atoms with van der Waals surface area (Å²) in [5.74, 6) is 0.929. The minimum absolute atomic E-state index is 0.0731. The molecule has 6 nitrogen and oxygen atoms in total. The van der Waals surface area contributed by atoms with Crippen molar-refractivity contribution in [3.8, 4) is 11.5 Å². The molecule has 1 unspecified atom stereocenters. The summed E-state index contributed by atoms with van der Waals surface area (Å²) in [5, 5.41) is 7.14. The summed E-state index contributed by atoms with van der Waals surface area (Å²) in [6, 6.07) is 12.7. The fourth-order valence-electron chi connectivity index (χ4n) is 3.86. The Balaban J connectivity index is 1.50. The van der Waals surface area contributed by atoms with Crippen LogP contribution in [0.2, 0.25) is 5.02 Å². The maximum Gasteiger partial charge on any atom is 0.266 e. The van der Waals surface area contributed by atoms with Gasteiger partial charge in [0.2, 0.25) is 12.7 Å². The molecule has 2 aliphatic heterocycles. The van der Waals surface area contributed by atoms with Crippen LogP contribution in [0.3, 0.4) is 0 Å². The van der Waals surface area contributed by atoms with Crippen LogP contribution in [0.1, 0.15) is 38.7 Å². The molecule has 0 bridgehead atoms. The average Bonchev–Trinajstić information content (AvgIpc) is 3.33. The first-order valence-corrected chi connectivity index (χ1v) is 10.6. The van der Waals surface area contributed by atoms with E-state index in [0.29, 0.717) is 38.5 Å². The van der Waals surface area contributed by atoms with E-state index < -0.39 is 0 Å². The molecule has 152 valence electrons. The lowest BCUT2D eigenvalue weighted by molar-refractivity contribution is -0.116. The highest BCUT2D eigenvalue weighted by Crippen LogP contribution is 2.47. The molecule has 3 aromatic rings. The van der Waals surface area contributed by atoms with Crippen LogP contribution in [0.25, 0.3) is 0 Å². The molecular formula is C22H17ClN2O4S. The number of carbonyl (C=O) groups excluding carboxylic acids is 2. The van der Waals surface area contributed by atoms with E-state index in [-0.39, 0.29) is 24.5 Å². The van der Waals surface area contributed by atoms with Crippen LogP contribution >= 0.6 is 22.9 Å². The van der Waals surface area contributed by atoms with E-state index in [2.05, 4.69) is 10.6 Å². The Morgan fingerprint density at radius 3 is 2.73 bits per heavy atom. The SMILES string of the molecule is Cc1c(C(=O)Nc2ccc(Cl)cc2)sc2c1C(c1ccc3c(c1)OCO3)CC(=O)N2. The number of thiophene rings is 1. The Bertz CT molecular complexity index is 1170. The highest BCUT2D eigenvalue weighted by Gasteiger charge is 2.33. The van der Waals surface area contributed by atoms with E-state index in [1.165, 1.54) is 11.3 Å². The predicted molar refractivity (Wildman–Crippen MR) is 116 cm³/mol. The number of benzene rings is 2. The zero-order valence-electron chi connectivity index (χ0n) is 16.0. The number of anilines is 2. The topological polar surface area (TPSA) is 76.7 Å². The second kappa shape index (κ2) is 7.34. The minimum Gasteiger partial charge on any atom is -0.454 e. The molecule has 1 atom stereocenters. The monoisotopic (exact) mass is 440 g/mol. The van der Waals surface area contributed by atoms with Gasteiger partial charge in [-0.15, -0.1) is 11.3 Å². The number of amides is 2. The number of rotatable bonds is 3. The van der Waals surface area contributed by atoms with Crippen LogP contribution < -0.4 is 20.1 Å². The van der Waals surface area contributed by atoms with E-state index in [9.17, 15) is 9.59 Å². The molecule has 30 heavy (non-hydrogen) atoms. The molecule has 0 fully saturated rings. The second-order valence-electron chi connectivity index (χ2n) is 7.18. The summed E-state index contributed by atoms with van der Waals surface area (Å²) >= 11 is 7.21. The molecule has 2 aliphatic rings. The molecule has 0 spiro atoms. The Kier molecular flexibility index (Phi) is 4.64. The van der Waals surface area contributed by atoms with Crippen molar-refractivity contribution in [1.82, 2.24) is 0 Å². The molecule has 8 heteroatoms. The van der Waals surface area contributed by atoms with Crippen LogP contribution in [0, 0.1) is 6.92 Å². The summed E-state index contributed by atoms with van der Waals surface area (Å²) in [7, 11) is 0. The van der Waals surface area contributed by atoms with Crippen molar-refractivity contribution in [2.75, 3.05) is 17.4 Å². The van der Waals surface area contributed by atoms with Crippen molar-refractivity contribution in [3.05, 3.63) is 69.1 Å². The zero-order valence-corrected chi connectivity index (χ0v) is 17.5. The van der Waals surface area contributed by atoms with E-state index in [0.717, 1.165) is 16.7 Å². The van der Waals surface area contributed by atoms with Crippen molar-refractivity contribution in [2.24, 2.45) is 0 Å². The Morgan fingerprint density at radius 2 is 1.93 bits per heavy atom. The standard InChI is InChI=1S/C22H17ClN2O4S/c1-11-19-15(12-2-7-16-17(8-12)29-10-28-16)9-18(26)25-22(19)30-20(11)21(27)24-14-5-3-13(23)4-6-14/h2-8,15H,9-10H2,1H3,(H,24,27)(H,25,26). The van der Waals surface area contributed by atoms with Gasteiger partial charge < -0.3 is 20.1 Å². The Hall–Kier alpha value is -3.03. The van der Waals surface area contributed by atoms with Crippen molar-refractivity contribution >= 4 is 45.4 Å². The molecule has 3 heterocycles. The van der Waals surface area contributed by atoms with Crippen molar-refractivity contribution in [3.63, 3.8) is 0 Å². The van der Waals surface area contributed by atoms with E-state index in [1.807, 2.05) is 25.1 Å². The summed E-state index contributed by atoms with van der Waals surface area (Å²) in [6.07, 6.45) is 0.308. The largest absolute Gasteiger partial charge is 0.454 e. The summed E-state index contributed by atoms with van der Waals surface area (Å²) in [5.41, 5.74) is 3.45. The van der Waals surface area contributed by atoms with Gasteiger partial charge >= 0.3 is 0 Å². The number of hydrogen-bond acceptors (Lipinski definition) is 5. The van der Waals surface area contributed by atoms with Crippen LogP contribution in [-0.4, -0.2) is 18.6 Å². The van der Waals surface area contributed by atoms with Gasteiger partial charge in [-0.3, -0.25) is 9.59 Å². The molecule has 2 N–H and O–H groups in total. The molecule has 5 rings (SSSR count). The normalized spacial score (nSPS) is 16.7. The van der Waals surface area contributed by atoms with Gasteiger partial charge in [-0.25, -0.2) is 0 Å². The predicted octanol–water partition coefficient (Wildman–Crippen LogP) is 5.17. The number of nitrogens with one attached hydrogen (secondary N) is 2. The number of hydrogen-bond donors (Lipinski definition) is 2. The maximum absolute atomic E-state index is 12.9. The third-order valence-electron chi connectivity index (χ3n) is 5.29. The van der Waals surface area contributed by atoms with Gasteiger partial charge in [0, 0.05) is 23.0 Å². The van der Waals surface area contributed by atoms with Gasteiger partial charge in [0.05, 0.1) is 9.88 Å². The minimum atomic E-state index is -0.215. The van der Waals surface area contributed by atoms with Crippen LogP contribution in [0.5, 0.6) is 11.5 Å². The number of fused-ring (bicyclic) bond motifs is 2.